The van der Waals surface area contributed by atoms with Crippen LogP contribution in [0.5, 0.6) is 11.5 Å². The lowest BCUT2D eigenvalue weighted by molar-refractivity contribution is 0.267. The lowest BCUT2D eigenvalue weighted by Crippen LogP contribution is -1.95. The van der Waals surface area contributed by atoms with Gasteiger partial charge in [0.15, 0.2) is 12.2 Å². The smallest absolute Gasteiger partial charge is 0.233 e. The minimum absolute atomic E-state index is 0.307. The number of hydrogen-bond acceptors (Lipinski definition) is 4. The Hall–Kier alpha value is -2.49. The Morgan fingerprint density at radius 1 is 1.00 bits per heavy atom. The molecule has 0 atom stereocenters. The number of aromatic nitrogens is 1. The molecule has 0 N–H and O–H groups in total. The molecule has 2 aromatic carbocycles. The van der Waals surface area contributed by atoms with Crippen LogP contribution in [0.1, 0.15) is 5.89 Å². The van der Waals surface area contributed by atoms with Crippen molar-refractivity contribution < 1.29 is 13.9 Å². The Morgan fingerprint density at radius 2 is 1.74 bits per heavy atom. The van der Waals surface area contributed by atoms with Gasteiger partial charge in [0.1, 0.15) is 17.0 Å². The predicted molar refractivity (Wildman–Crippen MR) is 71.3 cm³/mol. The summed E-state index contributed by atoms with van der Waals surface area (Å²) in [6.07, 6.45) is 0. The van der Waals surface area contributed by atoms with Crippen molar-refractivity contribution in [2.75, 3.05) is 7.11 Å². The molecule has 4 heteroatoms. The molecule has 19 heavy (non-hydrogen) atoms. The molecule has 96 valence electrons. The first-order valence-corrected chi connectivity index (χ1v) is 5.96. The molecular formula is C15H13NO3. The number of hydrogen-bond donors (Lipinski definition) is 0. The standard InChI is InChI=1S/C15H13NO3/c1-17-11-6-8-12(9-7-11)18-10-15-16-13-4-2-3-5-14(13)19-15/h2-9H,10H2,1H3. The van der Waals surface area contributed by atoms with Crippen LogP contribution in [-0.4, -0.2) is 12.1 Å². The summed E-state index contributed by atoms with van der Waals surface area (Å²) >= 11 is 0. The van der Waals surface area contributed by atoms with E-state index in [1.807, 2.05) is 48.5 Å². The molecule has 3 rings (SSSR count). The van der Waals surface area contributed by atoms with Gasteiger partial charge in [-0.1, -0.05) is 12.1 Å². The van der Waals surface area contributed by atoms with Crippen LogP contribution in [0.3, 0.4) is 0 Å². The molecule has 3 aromatic rings. The van der Waals surface area contributed by atoms with Gasteiger partial charge < -0.3 is 13.9 Å². The molecule has 4 nitrogen and oxygen atoms in total. The second-order valence-corrected chi connectivity index (χ2v) is 4.04. The number of ether oxygens (including phenoxy) is 2. The Balaban J connectivity index is 1.70. The molecule has 1 heterocycles. The second-order valence-electron chi connectivity index (χ2n) is 4.04. The Bertz CT molecular complexity index is 640. The highest BCUT2D eigenvalue weighted by molar-refractivity contribution is 5.72. The summed E-state index contributed by atoms with van der Waals surface area (Å²) in [5.74, 6) is 2.12. The summed E-state index contributed by atoms with van der Waals surface area (Å²) < 4.78 is 16.3. The van der Waals surface area contributed by atoms with Crippen LogP contribution < -0.4 is 9.47 Å². The van der Waals surface area contributed by atoms with Crippen molar-refractivity contribution in [3.05, 3.63) is 54.4 Å². The van der Waals surface area contributed by atoms with Gasteiger partial charge in [0.25, 0.3) is 0 Å². The zero-order chi connectivity index (χ0) is 13.1. The van der Waals surface area contributed by atoms with Crippen LogP contribution in [0, 0.1) is 0 Å². The maximum Gasteiger partial charge on any atom is 0.233 e. The van der Waals surface area contributed by atoms with E-state index < -0.39 is 0 Å². The number of oxazole rings is 1. The van der Waals surface area contributed by atoms with Crippen LogP contribution in [-0.2, 0) is 6.61 Å². The minimum atomic E-state index is 0.307. The molecule has 0 saturated heterocycles. The van der Waals surface area contributed by atoms with Gasteiger partial charge in [0, 0.05) is 0 Å². The van der Waals surface area contributed by atoms with Crippen molar-refractivity contribution in [2.45, 2.75) is 6.61 Å². The first-order valence-electron chi connectivity index (χ1n) is 5.96. The van der Waals surface area contributed by atoms with E-state index in [-0.39, 0.29) is 0 Å². The van der Waals surface area contributed by atoms with Gasteiger partial charge in [-0.05, 0) is 36.4 Å². The van der Waals surface area contributed by atoms with E-state index in [1.165, 1.54) is 0 Å². The van der Waals surface area contributed by atoms with Crippen LogP contribution >= 0.6 is 0 Å². The molecule has 0 saturated carbocycles. The molecule has 0 spiro atoms. The van der Waals surface area contributed by atoms with Gasteiger partial charge in [-0.15, -0.1) is 0 Å². The zero-order valence-corrected chi connectivity index (χ0v) is 10.5. The van der Waals surface area contributed by atoms with Gasteiger partial charge in [-0.25, -0.2) is 4.98 Å². The van der Waals surface area contributed by atoms with Crippen molar-refractivity contribution in [1.82, 2.24) is 4.98 Å². The molecule has 1 aromatic heterocycles. The van der Waals surface area contributed by atoms with Crippen molar-refractivity contribution in [3.63, 3.8) is 0 Å². The van der Waals surface area contributed by atoms with Crippen LogP contribution in [0.2, 0.25) is 0 Å². The second kappa shape index (κ2) is 5.02. The number of nitrogens with zero attached hydrogens (tertiary/aromatic N) is 1. The van der Waals surface area contributed by atoms with E-state index in [0.717, 1.165) is 22.6 Å². The van der Waals surface area contributed by atoms with Crippen LogP contribution in [0.4, 0.5) is 0 Å². The van der Waals surface area contributed by atoms with E-state index in [2.05, 4.69) is 4.98 Å². The molecule has 0 aliphatic rings. The van der Waals surface area contributed by atoms with E-state index in [4.69, 9.17) is 13.9 Å². The van der Waals surface area contributed by atoms with Crippen molar-refractivity contribution in [1.29, 1.82) is 0 Å². The van der Waals surface area contributed by atoms with Crippen molar-refractivity contribution in [3.8, 4) is 11.5 Å². The quantitative estimate of drug-likeness (QED) is 0.716. The first kappa shape index (κ1) is 11.6. The highest BCUT2D eigenvalue weighted by atomic mass is 16.5. The number of methoxy groups -OCH3 is 1. The van der Waals surface area contributed by atoms with E-state index in [9.17, 15) is 0 Å². The number of benzene rings is 2. The summed E-state index contributed by atoms with van der Waals surface area (Å²) in [5, 5.41) is 0. The van der Waals surface area contributed by atoms with Crippen molar-refractivity contribution >= 4 is 11.1 Å². The monoisotopic (exact) mass is 255 g/mol. The molecular weight excluding hydrogens is 242 g/mol. The van der Waals surface area contributed by atoms with Gasteiger partial charge in [0.05, 0.1) is 7.11 Å². The average Bonchev–Trinajstić information content (AvgIpc) is 2.88. The van der Waals surface area contributed by atoms with E-state index in [0.29, 0.717) is 12.5 Å². The van der Waals surface area contributed by atoms with Gasteiger partial charge in [-0.3, -0.25) is 0 Å². The zero-order valence-electron chi connectivity index (χ0n) is 10.5. The molecule has 0 aliphatic carbocycles. The molecule has 0 aliphatic heterocycles. The third-order valence-corrected chi connectivity index (χ3v) is 2.76. The highest BCUT2D eigenvalue weighted by Gasteiger charge is 2.05. The molecule has 0 radical (unpaired) electrons. The van der Waals surface area contributed by atoms with Crippen LogP contribution in [0.15, 0.2) is 52.9 Å². The average molecular weight is 255 g/mol. The Labute approximate surface area is 110 Å². The number of para-hydroxylation sites is 2. The molecule has 0 bridgehead atoms. The lowest BCUT2D eigenvalue weighted by atomic mass is 10.3. The predicted octanol–water partition coefficient (Wildman–Crippen LogP) is 3.42. The SMILES string of the molecule is COc1ccc(OCc2nc3ccccc3o2)cc1. The van der Waals surface area contributed by atoms with Gasteiger partial charge >= 0.3 is 0 Å². The van der Waals surface area contributed by atoms with E-state index in [1.54, 1.807) is 7.11 Å². The van der Waals surface area contributed by atoms with Gasteiger partial charge in [-0.2, -0.15) is 0 Å². The lowest BCUT2D eigenvalue weighted by Gasteiger charge is -2.04. The maximum atomic E-state index is 5.61. The largest absolute Gasteiger partial charge is 0.497 e. The molecule has 0 amide bonds. The highest BCUT2D eigenvalue weighted by Crippen LogP contribution is 2.19. The number of fused-ring (bicyclic) bond motifs is 1. The fourth-order valence-corrected chi connectivity index (χ4v) is 1.80. The summed E-state index contributed by atoms with van der Waals surface area (Å²) in [5.41, 5.74) is 1.62. The normalized spacial score (nSPS) is 10.6. The van der Waals surface area contributed by atoms with E-state index >= 15 is 0 Å². The van der Waals surface area contributed by atoms with Crippen molar-refractivity contribution in [2.24, 2.45) is 0 Å². The molecule has 0 unspecified atom stereocenters. The Kier molecular flexibility index (Phi) is 3.06. The fourth-order valence-electron chi connectivity index (χ4n) is 1.80. The third kappa shape index (κ3) is 2.52. The van der Waals surface area contributed by atoms with Crippen LogP contribution in [0.25, 0.3) is 11.1 Å². The molecule has 0 fully saturated rings. The summed E-state index contributed by atoms with van der Waals surface area (Å²) in [6, 6.07) is 15.0. The fraction of sp³-hybridized carbons (Fsp3) is 0.133. The summed E-state index contributed by atoms with van der Waals surface area (Å²) in [6.45, 7) is 0.307. The third-order valence-electron chi connectivity index (χ3n) is 2.76. The Morgan fingerprint density at radius 3 is 2.47 bits per heavy atom. The summed E-state index contributed by atoms with van der Waals surface area (Å²) in [4.78, 5) is 4.35. The van der Waals surface area contributed by atoms with Gasteiger partial charge in [0.2, 0.25) is 5.89 Å². The minimum Gasteiger partial charge on any atom is -0.497 e. The topological polar surface area (TPSA) is 44.5 Å². The summed E-state index contributed by atoms with van der Waals surface area (Å²) in [7, 11) is 1.63. The number of rotatable bonds is 4. The first-order chi connectivity index (χ1) is 9.35. The maximum absolute atomic E-state index is 5.61.